The lowest BCUT2D eigenvalue weighted by atomic mass is 10.0. The Kier molecular flexibility index (Phi) is 76.3. The quantitative estimate of drug-likeness (QED) is 0.0320. The van der Waals surface area contributed by atoms with Crippen molar-refractivity contribution in [2.24, 2.45) is 0 Å². The second kappa shape index (κ2) is 77.8. The second-order valence-electron chi connectivity index (χ2n) is 28.1. The van der Waals surface area contributed by atoms with E-state index in [0.29, 0.717) is 19.4 Å². The van der Waals surface area contributed by atoms with E-state index in [1.807, 2.05) is 6.08 Å². The smallest absolute Gasteiger partial charge is 0.305 e. The number of unbranched alkanes of at least 4 members (excludes halogenated alkanes) is 64. The highest BCUT2D eigenvalue weighted by Crippen LogP contribution is 2.20. The molecule has 0 aliphatic rings. The minimum Gasteiger partial charge on any atom is -0.466 e. The van der Waals surface area contributed by atoms with Crippen LogP contribution in [0.5, 0.6) is 0 Å². The summed E-state index contributed by atoms with van der Waals surface area (Å²) in [5.74, 6) is -0.0423. The van der Waals surface area contributed by atoms with Crippen LogP contribution >= 0.6 is 0 Å². The maximum Gasteiger partial charge on any atom is 0.305 e. The van der Waals surface area contributed by atoms with Gasteiger partial charge in [0.15, 0.2) is 0 Å². The second-order valence-corrected chi connectivity index (χ2v) is 28.1. The highest BCUT2D eigenvalue weighted by atomic mass is 16.5. The van der Waals surface area contributed by atoms with E-state index in [4.69, 9.17) is 4.74 Å². The highest BCUT2D eigenvalue weighted by molar-refractivity contribution is 5.76. The fourth-order valence-electron chi connectivity index (χ4n) is 13.0. The molecule has 0 saturated heterocycles. The SMILES string of the molecule is CCCCCCCC/C=C\CCCCCCCC(=O)OCCCCCCCCCCCCCCCCCCCCCCCCCCCCCCCCCCCCCC(=O)NC(CO)C(O)/C=C/CCCCCCCCCCCCCCCCCCCCC. The molecule has 0 saturated carbocycles. The van der Waals surface area contributed by atoms with Crippen molar-refractivity contribution >= 4 is 11.9 Å². The highest BCUT2D eigenvalue weighted by Gasteiger charge is 2.18. The molecule has 1 amide bonds. The number of esters is 1. The van der Waals surface area contributed by atoms with E-state index >= 15 is 0 Å². The van der Waals surface area contributed by atoms with E-state index in [2.05, 4.69) is 31.3 Å². The summed E-state index contributed by atoms with van der Waals surface area (Å²) in [6.45, 7) is 4.95. The Morgan fingerprint density at radius 2 is 0.534 bits per heavy atom. The Hall–Kier alpha value is -1.66. The van der Waals surface area contributed by atoms with Crippen molar-refractivity contribution in [3.63, 3.8) is 0 Å². The largest absolute Gasteiger partial charge is 0.466 e. The van der Waals surface area contributed by atoms with E-state index in [1.54, 1.807) is 6.08 Å². The van der Waals surface area contributed by atoms with Gasteiger partial charge in [-0.1, -0.05) is 417 Å². The number of ether oxygens (including phenoxy) is 1. The molecule has 0 aromatic carbocycles. The first-order valence-corrected chi connectivity index (χ1v) is 40.6. The van der Waals surface area contributed by atoms with E-state index in [0.717, 1.165) is 44.9 Å². The van der Waals surface area contributed by atoms with Gasteiger partial charge in [-0.15, -0.1) is 0 Å². The molecule has 0 aliphatic heterocycles. The molecular formula is C82H159NO5. The molecule has 0 aromatic rings. The van der Waals surface area contributed by atoms with Crippen molar-refractivity contribution in [1.82, 2.24) is 5.32 Å². The van der Waals surface area contributed by atoms with Gasteiger partial charge < -0.3 is 20.3 Å². The van der Waals surface area contributed by atoms with Gasteiger partial charge in [0.05, 0.1) is 25.4 Å². The Balaban J connectivity index is 3.33. The normalized spacial score (nSPS) is 12.5. The third kappa shape index (κ3) is 73.4. The van der Waals surface area contributed by atoms with Crippen LogP contribution in [0.4, 0.5) is 0 Å². The summed E-state index contributed by atoms with van der Waals surface area (Å²) in [6.07, 6.45) is 100. The number of allylic oxidation sites excluding steroid dienone is 3. The first-order valence-electron chi connectivity index (χ1n) is 40.6. The molecule has 0 bridgehead atoms. The maximum absolute atomic E-state index is 12.5. The Morgan fingerprint density at radius 3 is 0.807 bits per heavy atom. The lowest BCUT2D eigenvalue weighted by molar-refractivity contribution is -0.143. The first kappa shape index (κ1) is 86.3. The predicted molar refractivity (Wildman–Crippen MR) is 389 cm³/mol. The van der Waals surface area contributed by atoms with Crippen molar-refractivity contribution in [2.45, 2.75) is 475 Å². The summed E-state index contributed by atoms with van der Waals surface area (Å²) >= 11 is 0. The van der Waals surface area contributed by atoms with Crippen LogP contribution in [0.2, 0.25) is 0 Å². The minimum absolute atomic E-state index is 0.0154. The van der Waals surface area contributed by atoms with Crippen molar-refractivity contribution in [2.75, 3.05) is 13.2 Å². The summed E-state index contributed by atoms with van der Waals surface area (Å²) < 4.78 is 5.50. The molecule has 0 heterocycles. The van der Waals surface area contributed by atoms with Crippen molar-refractivity contribution in [3.8, 4) is 0 Å². The number of amides is 1. The zero-order valence-electron chi connectivity index (χ0n) is 60.0. The number of carbonyl (C=O) groups is 2. The monoisotopic (exact) mass is 1240 g/mol. The van der Waals surface area contributed by atoms with Gasteiger partial charge in [-0.05, 0) is 57.8 Å². The van der Waals surface area contributed by atoms with Gasteiger partial charge in [0.25, 0.3) is 0 Å². The summed E-state index contributed by atoms with van der Waals surface area (Å²) in [7, 11) is 0. The van der Waals surface area contributed by atoms with Gasteiger partial charge in [-0.3, -0.25) is 9.59 Å². The van der Waals surface area contributed by atoms with Gasteiger partial charge >= 0.3 is 5.97 Å². The average Bonchev–Trinajstić information content (AvgIpc) is 3.58. The topological polar surface area (TPSA) is 95.9 Å². The number of aliphatic hydroxyl groups excluding tert-OH is 2. The minimum atomic E-state index is -0.842. The van der Waals surface area contributed by atoms with Crippen LogP contribution in [0.25, 0.3) is 0 Å². The van der Waals surface area contributed by atoms with E-state index in [1.165, 1.54) is 392 Å². The molecule has 2 unspecified atom stereocenters. The van der Waals surface area contributed by atoms with Gasteiger partial charge in [-0.25, -0.2) is 0 Å². The fraction of sp³-hybridized carbons (Fsp3) is 0.927. The molecule has 0 aliphatic carbocycles. The third-order valence-electron chi connectivity index (χ3n) is 19.2. The number of carbonyl (C=O) groups excluding carboxylic acids is 2. The van der Waals surface area contributed by atoms with E-state index in [-0.39, 0.29) is 18.5 Å². The van der Waals surface area contributed by atoms with Gasteiger partial charge in [-0.2, -0.15) is 0 Å². The summed E-state index contributed by atoms with van der Waals surface area (Å²) in [5.41, 5.74) is 0. The van der Waals surface area contributed by atoms with Crippen LogP contribution in [0.3, 0.4) is 0 Å². The zero-order valence-corrected chi connectivity index (χ0v) is 60.0. The molecule has 88 heavy (non-hydrogen) atoms. The first-order chi connectivity index (χ1) is 43.5. The third-order valence-corrected chi connectivity index (χ3v) is 19.2. The summed E-state index contributed by atoms with van der Waals surface area (Å²) in [4.78, 5) is 24.6. The summed E-state index contributed by atoms with van der Waals surface area (Å²) in [5, 5.41) is 23.3. The number of rotatable bonds is 77. The molecule has 3 N–H and O–H groups in total. The predicted octanol–water partition coefficient (Wildman–Crippen LogP) is 26.8. The molecule has 0 aromatic heterocycles. The molecule has 522 valence electrons. The number of aliphatic hydroxyl groups is 2. The Morgan fingerprint density at radius 1 is 0.307 bits per heavy atom. The van der Waals surface area contributed by atoms with Crippen LogP contribution < -0.4 is 5.32 Å². The lowest BCUT2D eigenvalue weighted by Crippen LogP contribution is -2.45. The standard InChI is InChI=1S/C82H159NO5/c1-3-5-7-9-11-13-15-17-19-20-21-37-40-43-47-50-54-58-62-66-70-74-80(85)79(78-84)83-81(86)75-71-67-63-59-55-51-48-44-41-38-35-33-31-29-27-25-23-22-24-26-28-30-32-34-36-39-42-45-49-53-57-61-65-69-73-77-88-82(87)76-72-68-64-60-56-52-46-18-16-14-12-10-8-6-4-2/h18,46,70,74,79-80,84-85H,3-17,19-45,47-69,71-73,75-78H2,1-2H3,(H,83,86)/b46-18-,74-70+. The Bertz CT molecular complexity index is 1380. The maximum atomic E-state index is 12.5. The van der Waals surface area contributed by atoms with E-state index < -0.39 is 12.1 Å². The van der Waals surface area contributed by atoms with Crippen molar-refractivity contribution in [3.05, 3.63) is 24.3 Å². The van der Waals surface area contributed by atoms with Crippen LogP contribution in [0.15, 0.2) is 24.3 Å². The van der Waals surface area contributed by atoms with Crippen LogP contribution in [0.1, 0.15) is 463 Å². The molecule has 0 radical (unpaired) electrons. The number of hydrogen-bond acceptors (Lipinski definition) is 5. The zero-order chi connectivity index (χ0) is 63.5. The van der Waals surface area contributed by atoms with Crippen molar-refractivity contribution < 1.29 is 24.5 Å². The van der Waals surface area contributed by atoms with Gasteiger partial charge in [0.1, 0.15) is 0 Å². The molecule has 0 rings (SSSR count). The van der Waals surface area contributed by atoms with Crippen LogP contribution in [-0.2, 0) is 14.3 Å². The molecule has 0 fully saturated rings. The van der Waals surface area contributed by atoms with Crippen LogP contribution in [-0.4, -0.2) is 47.4 Å². The molecule has 2 atom stereocenters. The molecule has 6 nitrogen and oxygen atoms in total. The number of hydrogen-bond donors (Lipinski definition) is 3. The fourth-order valence-corrected chi connectivity index (χ4v) is 13.0. The van der Waals surface area contributed by atoms with Crippen LogP contribution in [0, 0.1) is 0 Å². The molecule has 6 heteroatoms. The Labute approximate surface area is 551 Å². The lowest BCUT2D eigenvalue weighted by Gasteiger charge is -2.20. The average molecular weight is 1240 g/mol. The summed E-state index contributed by atoms with van der Waals surface area (Å²) in [6, 6.07) is -0.625. The number of nitrogens with one attached hydrogen (secondary N) is 1. The molecular weight excluding hydrogens is 1080 g/mol. The van der Waals surface area contributed by atoms with Gasteiger partial charge in [0.2, 0.25) is 5.91 Å². The van der Waals surface area contributed by atoms with E-state index in [9.17, 15) is 19.8 Å². The molecule has 0 spiro atoms. The van der Waals surface area contributed by atoms with Crippen molar-refractivity contribution in [1.29, 1.82) is 0 Å². The van der Waals surface area contributed by atoms with Gasteiger partial charge in [0, 0.05) is 12.8 Å².